The minimum atomic E-state index is 0.709. The summed E-state index contributed by atoms with van der Waals surface area (Å²) in [5, 5.41) is 3.44. The molecule has 0 saturated carbocycles. The summed E-state index contributed by atoms with van der Waals surface area (Å²) in [5.74, 6) is 0.928. The van der Waals surface area contributed by atoms with Gasteiger partial charge < -0.3 is 10.1 Å². The number of hydrogen-bond donors (Lipinski definition) is 1. The van der Waals surface area contributed by atoms with E-state index in [4.69, 9.17) is 4.74 Å². The van der Waals surface area contributed by atoms with E-state index in [0.29, 0.717) is 6.61 Å². The Morgan fingerprint density at radius 2 is 1.72 bits per heavy atom. The average molecular weight is 241 g/mol. The summed E-state index contributed by atoms with van der Waals surface area (Å²) in [6, 6.07) is 16.5. The third kappa shape index (κ3) is 3.27. The highest BCUT2D eigenvalue weighted by molar-refractivity contribution is 5.50. The number of ether oxygens (including phenoxy) is 1. The van der Waals surface area contributed by atoms with Gasteiger partial charge in [-0.25, -0.2) is 0 Å². The second-order valence-corrected chi connectivity index (χ2v) is 4.25. The van der Waals surface area contributed by atoms with E-state index in [1.54, 1.807) is 0 Å². The summed E-state index contributed by atoms with van der Waals surface area (Å²) >= 11 is 0. The Hall–Kier alpha value is -1.96. The fraction of sp³-hybridized carbons (Fsp3) is 0.250. The highest BCUT2D eigenvalue weighted by Crippen LogP contribution is 2.16. The molecule has 2 rings (SSSR count). The van der Waals surface area contributed by atoms with Gasteiger partial charge in [-0.2, -0.15) is 0 Å². The molecule has 2 aromatic carbocycles. The highest BCUT2D eigenvalue weighted by Gasteiger charge is 1.97. The van der Waals surface area contributed by atoms with Crippen LogP contribution < -0.4 is 10.1 Å². The number of hydrogen-bond acceptors (Lipinski definition) is 2. The summed E-state index contributed by atoms with van der Waals surface area (Å²) in [7, 11) is 0. The minimum Gasteiger partial charge on any atom is -0.494 e. The molecule has 18 heavy (non-hydrogen) atoms. The molecule has 0 atom stereocenters. The molecule has 0 bridgehead atoms. The maximum atomic E-state index is 5.42. The molecule has 0 saturated heterocycles. The lowest BCUT2D eigenvalue weighted by Gasteiger charge is -2.10. The van der Waals surface area contributed by atoms with Crippen LogP contribution in [0.4, 0.5) is 5.69 Å². The van der Waals surface area contributed by atoms with Gasteiger partial charge in [0.25, 0.3) is 0 Å². The zero-order valence-corrected chi connectivity index (χ0v) is 10.9. The maximum Gasteiger partial charge on any atom is 0.119 e. The molecule has 0 heterocycles. The van der Waals surface area contributed by atoms with Crippen molar-refractivity contribution in [3.63, 3.8) is 0 Å². The molecule has 2 heteroatoms. The number of anilines is 1. The standard InChI is InChI=1S/C16H19NO/c1-3-18-15-10-8-14(9-11-15)12-17-16-7-5-4-6-13(16)2/h4-11,17H,3,12H2,1-2H3. The Labute approximate surface area is 109 Å². The van der Waals surface area contributed by atoms with Gasteiger partial charge in [0.1, 0.15) is 5.75 Å². The van der Waals surface area contributed by atoms with E-state index in [1.165, 1.54) is 16.8 Å². The molecule has 0 aliphatic heterocycles. The SMILES string of the molecule is CCOc1ccc(CNc2ccccc2C)cc1. The third-order valence-electron chi connectivity index (χ3n) is 2.86. The van der Waals surface area contributed by atoms with Crippen LogP contribution in [-0.2, 0) is 6.54 Å². The van der Waals surface area contributed by atoms with Crippen LogP contribution in [0, 0.1) is 6.92 Å². The molecule has 2 nitrogen and oxygen atoms in total. The molecule has 0 aliphatic carbocycles. The van der Waals surface area contributed by atoms with Crippen LogP contribution in [0.3, 0.4) is 0 Å². The highest BCUT2D eigenvalue weighted by atomic mass is 16.5. The van der Waals surface area contributed by atoms with Gasteiger partial charge in [-0.3, -0.25) is 0 Å². The summed E-state index contributed by atoms with van der Waals surface area (Å²) in [6.45, 7) is 5.65. The van der Waals surface area contributed by atoms with Crippen molar-refractivity contribution in [2.45, 2.75) is 20.4 Å². The Bertz CT molecular complexity index is 491. The second kappa shape index (κ2) is 6.10. The molecule has 0 fully saturated rings. The molecule has 0 spiro atoms. The largest absolute Gasteiger partial charge is 0.494 e. The lowest BCUT2D eigenvalue weighted by Crippen LogP contribution is -2.00. The van der Waals surface area contributed by atoms with Crippen molar-refractivity contribution in [2.24, 2.45) is 0 Å². The van der Waals surface area contributed by atoms with Crippen LogP contribution in [0.2, 0.25) is 0 Å². The lowest BCUT2D eigenvalue weighted by atomic mass is 10.1. The number of benzene rings is 2. The zero-order chi connectivity index (χ0) is 12.8. The first-order chi connectivity index (χ1) is 8.79. The first-order valence-corrected chi connectivity index (χ1v) is 6.31. The molecule has 0 amide bonds. The normalized spacial score (nSPS) is 10.1. The van der Waals surface area contributed by atoms with E-state index in [-0.39, 0.29) is 0 Å². The van der Waals surface area contributed by atoms with Gasteiger partial charge in [-0.1, -0.05) is 30.3 Å². The monoisotopic (exact) mass is 241 g/mol. The van der Waals surface area contributed by atoms with Crippen LogP contribution in [0.15, 0.2) is 48.5 Å². The van der Waals surface area contributed by atoms with Gasteiger partial charge in [-0.15, -0.1) is 0 Å². The van der Waals surface area contributed by atoms with Crippen LogP contribution in [-0.4, -0.2) is 6.61 Å². The van der Waals surface area contributed by atoms with Gasteiger partial charge >= 0.3 is 0 Å². The number of nitrogens with one attached hydrogen (secondary N) is 1. The zero-order valence-electron chi connectivity index (χ0n) is 10.9. The Morgan fingerprint density at radius 1 is 1.00 bits per heavy atom. The van der Waals surface area contributed by atoms with Crippen LogP contribution >= 0.6 is 0 Å². The maximum absolute atomic E-state index is 5.42. The minimum absolute atomic E-state index is 0.709. The molecule has 1 N–H and O–H groups in total. The second-order valence-electron chi connectivity index (χ2n) is 4.25. The quantitative estimate of drug-likeness (QED) is 0.854. The molecule has 0 aromatic heterocycles. The van der Waals surface area contributed by atoms with Crippen LogP contribution in [0.1, 0.15) is 18.1 Å². The molecule has 0 aliphatic rings. The van der Waals surface area contributed by atoms with Crippen molar-refractivity contribution < 1.29 is 4.74 Å². The van der Waals surface area contributed by atoms with Crippen molar-refractivity contribution in [1.29, 1.82) is 0 Å². The fourth-order valence-corrected chi connectivity index (χ4v) is 1.84. The number of rotatable bonds is 5. The Morgan fingerprint density at radius 3 is 2.39 bits per heavy atom. The molecule has 2 aromatic rings. The third-order valence-corrected chi connectivity index (χ3v) is 2.86. The molecule has 0 unspecified atom stereocenters. The first-order valence-electron chi connectivity index (χ1n) is 6.31. The van der Waals surface area contributed by atoms with E-state index in [0.717, 1.165) is 12.3 Å². The molecule has 0 radical (unpaired) electrons. The van der Waals surface area contributed by atoms with E-state index in [2.05, 4.69) is 42.6 Å². The van der Waals surface area contributed by atoms with E-state index >= 15 is 0 Å². The first kappa shape index (κ1) is 12.5. The van der Waals surface area contributed by atoms with Crippen LogP contribution in [0.5, 0.6) is 5.75 Å². The number of para-hydroxylation sites is 1. The van der Waals surface area contributed by atoms with Crippen molar-refractivity contribution >= 4 is 5.69 Å². The van der Waals surface area contributed by atoms with Crippen molar-refractivity contribution in [3.8, 4) is 5.75 Å². The molecular formula is C16H19NO. The van der Waals surface area contributed by atoms with Gasteiger partial charge in [0.15, 0.2) is 0 Å². The smallest absolute Gasteiger partial charge is 0.119 e. The van der Waals surface area contributed by atoms with Crippen molar-refractivity contribution in [2.75, 3.05) is 11.9 Å². The molecular weight excluding hydrogens is 222 g/mol. The number of aryl methyl sites for hydroxylation is 1. The van der Waals surface area contributed by atoms with Crippen LogP contribution in [0.25, 0.3) is 0 Å². The van der Waals surface area contributed by atoms with Gasteiger partial charge in [-0.05, 0) is 43.2 Å². The Balaban J connectivity index is 1.96. The Kier molecular flexibility index (Phi) is 4.24. The predicted molar refractivity (Wildman–Crippen MR) is 76.1 cm³/mol. The van der Waals surface area contributed by atoms with E-state index in [9.17, 15) is 0 Å². The van der Waals surface area contributed by atoms with Gasteiger partial charge in [0.2, 0.25) is 0 Å². The predicted octanol–water partition coefficient (Wildman–Crippen LogP) is 4.01. The topological polar surface area (TPSA) is 21.3 Å². The van der Waals surface area contributed by atoms with E-state index in [1.807, 2.05) is 25.1 Å². The van der Waals surface area contributed by atoms with E-state index < -0.39 is 0 Å². The summed E-state index contributed by atoms with van der Waals surface area (Å²) in [4.78, 5) is 0. The van der Waals surface area contributed by atoms with Gasteiger partial charge in [0.05, 0.1) is 6.61 Å². The summed E-state index contributed by atoms with van der Waals surface area (Å²) < 4.78 is 5.42. The van der Waals surface area contributed by atoms with Gasteiger partial charge in [0, 0.05) is 12.2 Å². The summed E-state index contributed by atoms with van der Waals surface area (Å²) in [6.07, 6.45) is 0. The average Bonchev–Trinajstić information content (AvgIpc) is 2.40. The van der Waals surface area contributed by atoms with Crippen molar-refractivity contribution in [3.05, 3.63) is 59.7 Å². The molecule has 94 valence electrons. The lowest BCUT2D eigenvalue weighted by molar-refractivity contribution is 0.340. The summed E-state index contributed by atoms with van der Waals surface area (Å²) in [5.41, 5.74) is 3.71. The van der Waals surface area contributed by atoms with Crippen molar-refractivity contribution in [1.82, 2.24) is 0 Å². The fourth-order valence-electron chi connectivity index (χ4n) is 1.84.